The van der Waals surface area contributed by atoms with E-state index in [1.807, 2.05) is 13.8 Å². The molecule has 6 nitrogen and oxygen atoms in total. The molecule has 112 valence electrons. The molecule has 19 heavy (non-hydrogen) atoms. The number of rotatable bonds is 3. The summed E-state index contributed by atoms with van der Waals surface area (Å²) in [6.07, 6.45) is -3.36. The van der Waals surface area contributed by atoms with Crippen molar-refractivity contribution in [3.63, 3.8) is 0 Å². The Labute approximate surface area is 113 Å². The topological polar surface area (TPSA) is 88.4 Å². The summed E-state index contributed by atoms with van der Waals surface area (Å²) >= 11 is 0. The highest BCUT2D eigenvalue weighted by Gasteiger charge is 2.44. The van der Waals surface area contributed by atoms with Crippen LogP contribution in [0.2, 0.25) is 0 Å². The maximum Gasteiger partial charge on any atom is 0.181 e. The third kappa shape index (κ3) is 3.09. The Morgan fingerprint density at radius 3 is 2.37 bits per heavy atom. The average molecular weight is 276 g/mol. The van der Waals surface area contributed by atoms with Crippen LogP contribution in [0, 0.1) is 5.92 Å². The fourth-order valence-corrected chi connectivity index (χ4v) is 2.90. The lowest BCUT2D eigenvalue weighted by atomic mass is 9.96. The van der Waals surface area contributed by atoms with Gasteiger partial charge in [0, 0.05) is 12.3 Å². The number of ether oxygens (including phenoxy) is 3. The lowest BCUT2D eigenvalue weighted by Gasteiger charge is -2.37. The summed E-state index contributed by atoms with van der Waals surface area (Å²) in [5.41, 5.74) is 0. The van der Waals surface area contributed by atoms with Crippen molar-refractivity contribution in [3.05, 3.63) is 0 Å². The van der Waals surface area contributed by atoms with E-state index in [0.29, 0.717) is 0 Å². The van der Waals surface area contributed by atoms with Gasteiger partial charge in [0.2, 0.25) is 0 Å². The molecule has 0 aromatic rings. The first-order valence-corrected chi connectivity index (χ1v) is 6.94. The highest BCUT2D eigenvalue weighted by atomic mass is 16.7. The molecule has 0 aromatic carbocycles. The van der Waals surface area contributed by atoms with Gasteiger partial charge >= 0.3 is 0 Å². The predicted molar refractivity (Wildman–Crippen MR) is 66.2 cm³/mol. The van der Waals surface area contributed by atoms with E-state index >= 15 is 0 Å². The van der Waals surface area contributed by atoms with Crippen molar-refractivity contribution >= 4 is 0 Å². The van der Waals surface area contributed by atoms with Crippen molar-refractivity contribution in [3.8, 4) is 0 Å². The van der Waals surface area contributed by atoms with E-state index in [-0.39, 0.29) is 18.4 Å². The van der Waals surface area contributed by atoms with Gasteiger partial charge in [-0.15, -0.1) is 0 Å². The molecule has 0 saturated carbocycles. The lowest BCUT2D eigenvalue weighted by Crippen LogP contribution is -2.49. The van der Waals surface area contributed by atoms with Crippen molar-refractivity contribution in [2.75, 3.05) is 0 Å². The highest BCUT2D eigenvalue weighted by molar-refractivity contribution is 4.86. The van der Waals surface area contributed by atoms with Crippen LogP contribution in [0.5, 0.6) is 0 Å². The standard InChI is InChI=1S/C13H24O6/c1-4-8-6(2)18-13(16)12(8)19-10-5-9(14)11(15)7(3)17-10/h6-16H,4-5H2,1-3H3/t6-,7-,8-,9-,10-,11+,12+,13?/m0/s1. The average Bonchev–Trinajstić information content (AvgIpc) is 2.60. The van der Waals surface area contributed by atoms with Gasteiger partial charge in [-0.2, -0.15) is 0 Å². The largest absolute Gasteiger partial charge is 0.390 e. The van der Waals surface area contributed by atoms with E-state index in [4.69, 9.17) is 14.2 Å². The van der Waals surface area contributed by atoms with Crippen molar-refractivity contribution in [1.29, 1.82) is 0 Å². The molecule has 2 saturated heterocycles. The second kappa shape index (κ2) is 6.03. The summed E-state index contributed by atoms with van der Waals surface area (Å²) in [4.78, 5) is 0. The van der Waals surface area contributed by atoms with Gasteiger partial charge in [-0.3, -0.25) is 0 Å². The molecular weight excluding hydrogens is 252 g/mol. The molecule has 0 spiro atoms. The fourth-order valence-electron chi connectivity index (χ4n) is 2.90. The Morgan fingerprint density at radius 2 is 1.79 bits per heavy atom. The fraction of sp³-hybridized carbons (Fsp3) is 1.00. The Kier molecular flexibility index (Phi) is 4.81. The van der Waals surface area contributed by atoms with E-state index in [1.54, 1.807) is 6.92 Å². The van der Waals surface area contributed by atoms with Crippen LogP contribution in [0.3, 0.4) is 0 Å². The van der Waals surface area contributed by atoms with Crippen LogP contribution >= 0.6 is 0 Å². The van der Waals surface area contributed by atoms with E-state index in [0.717, 1.165) is 6.42 Å². The van der Waals surface area contributed by atoms with Gasteiger partial charge in [-0.05, 0) is 20.3 Å². The molecule has 8 atom stereocenters. The van der Waals surface area contributed by atoms with Crippen molar-refractivity contribution in [2.24, 2.45) is 5.92 Å². The molecule has 6 heteroatoms. The Morgan fingerprint density at radius 1 is 1.11 bits per heavy atom. The number of aliphatic hydroxyl groups excluding tert-OH is 3. The minimum absolute atomic E-state index is 0.0680. The second-order valence-electron chi connectivity index (χ2n) is 5.47. The van der Waals surface area contributed by atoms with Gasteiger partial charge < -0.3 is 29.5 Å². The predicted octanol–water partition coefficient (Wildman–Crippen LogP) is -0.00840. The van der Waals surface area contributed by atoms with Gasteiger partial charge in [-0.1, -0.05) is 6.92 Å². The summed E-state index contributed by atoms with van der Waals surface area (Å²) in [6.45, 7) is 5.61. The molecule has 0 aliphatic carbocycles. The second-order valence-corrected chi connectivity index (χ2v) is 5.47. The molecule has 1 unspecified atom stereocenters. The molecule has 2 aliphatic rings. The Hall–Kier alpha value is -0.240. The molecule has 0 bridgehead atoms. The van der Waals surface area contributed by atoms with Crippen LogP contribution in [-0.2, 0) is 14.2 Å². The van der Waals surface area contributed by atoms with Crippen LogP contribution in [0.25, 0.3) is 0 Å². The van der Waals surface area contributed by atoms with Crippen LogP contribution in [-0.4, -0.2) is 58.4 Å². The summed E-state index contributed by atoms with van der Waals surface area (Å²) in [5.74, 6) is 0.0953. The summed E-state index contributed by atoms with van der Waals surface area (Å²) in [6, 6.07) is 0. The summed E-state index contributed by atoms with van der Waals surface area (Å²) < 4.78 is 16.6. The first kappa shape index (κ1) is 15.2. The zero-order valence-corrected chi connectivity index (χ0v) is 11.6. The van der Waals surface area contributed by atoms with Gasteiger partial charge in [0.1, 0.15) is 12.2 Å². The smallest absolute Gasteiger partial charge is 0.181 e. The first-order valence-electron chi connectivity index (χ1n) is 6.94. The molecule has 2 heterocycles. The molecule has 2 rings (SSSR count). The van der Waals surface area contributed by atoms with E-state index in [1.165, 1.54) is 0 Å². The summed E-state index contributed by atoms with van der Waals surface area (Å²) in [5, 5.41) is 29.2. The van der Waals surface area contributed by atoms with Gasteiger partial charge in [0.15, 0.2) is 12.6 Å². The SMILES string of the molecule is CC[C@H]1[C@H](C)OC(O)[C@@H]1O[C@H]1C[C@H](O)[C@H](O)[C@H](C)O1. The Balaban J connectivity index is 1.97. The van der Waals surface area contributed by atoms with Crippen molar-refractivity contribution in [1.82, 2.24) is 0 Å². The van der Waals surface area contributed by atoms with Crippen LogP contribution in [0.4, 0.5) is 0 Å². The minimum Gasteiger partial charge on any atom is -0.390 e. The normalized spacial score (nSPS) is 51.5. The van der Waals surface area contributed by atoms with Gasteiger partial charge in [0.05, 0.1) is 18.3 Å². The van der Waals surface area contributed by atoms with Crippen molar-refractivity contribution < 1.29 is 29.5 Å². The molecule has 0 aromatic heterocycles. The molecule has 3 N–H and O–H groups in total. The van der Waals surface area contributed by atoms with E-state index in [2.05, 4.69) is 0 Å². The highest BCUT2D eigenvalue weighted by Crippen LogP contribution is 2.33. The Bertz CT molecular complexity index is 287. The van der Waals surface area contributed by atoms with E-state index < -0.39 is 37.0 Å². The molecular formula is C13H24O6. The van der Waals surface area contributed by atoms with Crippen LogP contribution in [0.15, 0.2) is 0 Å². The zero-order valence-electron chi connectivity index (χ0n) is 11.6. The zero-order chi connectivity index (χ0) is 14.2. The van der Waals surface area contributed by atoms with Gasteiger partial charge in [0.25, 0.3) is 0 Å². The number of hydrogen-bond acceptors (Lipinski definition) is 6. The number of hydrogen-bond donors (Lipinski definition) is 3. The maximum absolute atomic E-state index is 9.86. The third-order valence-electron chi connectivity index (χ3n) is 4.12. The van der Waals surface area contributed by atoms with E-state index in [9.17, 15) is 15.3 Å². The molecule has 0 amide bonds. The minimum atomic E-state index is -0.970. The maximum atomic E-state index is 9.86. The summed E-state index contributed by atoms with van der Waals surface area (Å²) in [7, 11) is 0. The quantitative estimate of drug-likeness (QED) is 0.672. The van der Waals surface area contributed by atoms with Crippen LogP contribution < -0.4 is 0 Å². The lowest BCUT2D eigenvalue weighted by molar-refractivity contribution is -0.278. The molecule has 0 radical (unpaired) electrons. The monoisotopic (exact) mass is 276 g/mol. The molecule has 2 fully saturated rings. The van der Waals surface area contributed by atoms with Crippen LogP contribution in [0.1, 0.15) is 33.6 Å². The number of aliphatic hydroxyl groups is 3. The van der Waals surface area contributed by atoms with Crippen molar-refractivity contribution in [2.45, 2.75) is 76.7 Å². The third-order valence-corrected chi connectivity index (χ3v) is 4.12. The van der Waals surface area contributed by atoms with Gasteiger partial charge in [-0.25, -0.2) is 0 Å². The first-order chi connectivity index (χ1) is 8.93. The molecule has 2 aliphatic heterocycles.